The first-order valence-electron chi connectivity index (χ1n) is 9.06. The number of para-hydroxylation sites is 1. The number of carbonyl (C=O) groups is 1. The molecule has 1 N–H and O–H groups in total. The molecule has 0 aliphatic heterocycles. The van der Waals surface area contributed by atoms with Gasteiger partial charge in [-0.2, -0.15) is 0 Å². The number of carbonyl (C=O) groups excluding carboxylic acids is 1. The lowest BCUT2D eigenvalue weighted by Gasteiger charge is -2.17. The Labute approximate surface area is 157 Å². The van der Waals surface area contributed by atoms with E-state index in [4.69, 9.17) is 4.52 Å². The van der Waals surface area contributed by atoms with E-state index in [2.05, 4.69) is 20.4 Å². The van der Waals surface area contributed by atoms with Crippen LogP contribution in [0.1, 0.15) is 40.2 Å². The number of hydrogen-bond acceptors (Lipinski definition) is 6. The van der Waals surface area contributed by atoms with Gasteiger partial charge in [0.25, 0.3) is 5.91 Å². The van der Waals surface area contributed by atoms with E-state index >= 15 is 0 Å². The molecule has 3 aromatic rings. The Morgan fingerprint density at radius 3 is 2.67 bits per heavy atom. The topological polar surface area (TPSA) is 84.2 Å². The van der Waals surface area contributed by atoms with Crippen molar-refractivity contribution in [2.45, 2.75) is 32.2 Å². The van der Waals surface area contributed by atoms with Crippen molar-refractivity contribution in [3.05, 3.63) is 65.3 Å². The molecule has 0 radical (unpaired) electrons. The molecule has 0 spiro atoms. The molecule has 0 unspecified atom stereocenters. The van der Waals surface area contributed by atoms with Gasteiger partial charge in [0.15, 0.2) is 0 Å². The minimum absolute atomic E-state index is 0.145. The predicted octanol–water partition coefficient (Wildman–Crippen LogP) is 3.36. The Morgan fingerprint density at radius 2 is 1.89 bits per heavy atom. The maximum absolute atomic E-state index is 12.7. The van der Waals surface area contributed by atoms with E-state index < -0.39 is 0 Å². The zero-order valence-electron chi connectivity index (χ0n) is 15.2. The van der Waals surface area contributed by atoms with E-state index in [0.717, 1.165) is 42.8 Å². The molecule has 0 saturated carbocycles. The van der Waals surface area contributed by atoms with Gasteiger partial charge in [-0.15, -0.1) is 0 Å². The standard InChI is InChI=1S/C20H21N5O2/c1-25(13-17-16-9-5-6-10-18(16)27-24-17)19(26)14-11-21-20(22-12-14)23-15-7-3-2-4-8-15/h2-4,7-8,11-12H,5-6,9-10,13H2,1H3,(H,21,22,23). The third-order valence-electron chi connectivity index (χ3n) is 4.69. The SMILES string of the molecule is CN(Cc1noc2c1CCCC2)C(=O)c1cnc(Nc2ccccc2)nc1. The van der Waals surface area contributed by atoms with Crippen LogP contribution in [0.3, 0.4) is 0 Å². The van der Waals surface area contributed by atoms with Crippen molar-refractivity contribution in [2.24, 2.45) is 0 Å². The molecule has 0 saturated heterocycles. The Morgan fingerprint density at radius 1 is 1.15 bits per heavy atom. The second-order valence-electron chi connectivity index (χ2n) is 6.69. The molecule has 1 aliphatic carbocycles. The molecular weight excluding hydrogens is 342 g/mol. The van der Waals surface area contributed by atoms with Crippen LogP contribution in [-0.2, 0) is 19.4 Å². The van der Waals surface area contributed by atoms with Crippen molar-refractivity contribution < 1.29 is 9.32 Å². The first kappa shape index (κ1) is 17.2. The number of benzene rings is 1. The molecule has 7 nitrogen and oxygen atoms in total. The van der Waals surface area contributed by atoms with Gasteiger partial charge in [-0.3, -0.25) is 4.79 Å². The van der Waals surface area contributed by atoms with Crippen LogP contribution in [0, 0.1) is 0 Å². The molecular formula is C20H21N5O2. The molecule has 2 aromatic heterocycles. The Bertz CT molecular complexity index is 921. The first-order valence-corrected chi connectivity index (χ1v) is 9.06. The number of nitrogens with zero attached hydrogens (tertiary/aromatic N) is 4. The fourth-order valence-corrected chi connectivity index (χ4v) is 3.24. The molecule has 1 aromatic carbocycles. The number of nitrogens with one attached hydrogen (secondary N) is 1. The number of hydrogen-bond donors (Lipinski definition) is 1. The van der Waals surface area contributed by atoms with Crippen molar-refractivity contribution in [1.82, 2.24) is 20.0 Å². The summed E-state index contributed by atoms with van der Waals surface area (Å²) in [7, 11) is 1.75. The third-order valence-corrected chi connectivity index (χ3v) is 4.69. The highest BCUT2D eigenvalue weighted by atomic mass is 16.5. The molecule has 1 aliphatic rings. The van der Waals surface area contributed by atoms with Gasteiger partial charge in [0.2, 0.25) is 5.95 Å². The summed E-state index contributed by atoms with van der Waals surface area (Å²) in [5.41, 5.74) is 3.35. The van der Waals surface area contributed by atoms with E-state index in [0.29, 0.717) is 18.1 Å². The highest BCUT2D eigenvalue weighted by Crippen LogP contribution is 2.25. The Balaban J connectivity index is 1.42. The smallest absolute Gasteiger partial charge is 0.257 e. The van der Waals surface area contributed by atoms with Crippen molar-refractivity contribution in [2.75, 3.05) is 12.4 Å². The molecule has 0 bridgehead atoms. The fourth-order valence-electron chi connectivity index (χ4n) is 3.24. The highest BCUT2D eigenvalue weighted by Gasteiger charge is 2.22. The van der Waals surface area contributed by atoms with Crippen molar-refractivity contribution in [3.8, 4) is 0 Å². The lowest BCUT2D eigenvalue weighted by Crippen LogP contribution is -2.27. The molecule has 0 fully saturated rings. The summed E-state index contributed by atoms with van der Waals surface area (Å²) >= 11 is 0. The van der Waals surface area contributed by atoms with E-state index in [-0.39, 0.29) is 5.91 Å². The second kappa shape index (κ2) is 7.57. The average molecular weight is 363 g/mol. The molecule has 4 rings (SSSR count). The fraction of sp³-hybridized carbons (Fsp3) is 0.300. The van der Waals surface area contributed by atoms with Crippen LogP contribution in [0.2, 0.25) is 0 Å². The lowest BCUT2D eigenvalue weighted by molar-refractivity contribution is 0.0781. The van der Waals surface area contributed by atoms with Crippen LogP contribution in [0.15, 0.2) is 47.2 Å². The van der Waals surface area contributed by atoms with Gasteiger partial charge in [-0.25, -0.2) is 9.97 Å². The van der Waals surface area contributed by atoms with Gasteiger partial charge < -0.3 is 14.7 Å². The monoisotopic (exact) mass is 363 g/mol. The number of fused-ring (bicyclic) bond motifs is 1. The third kappa shape index (κ3) is 3.81. The van der Waals surface area contributed by atoms with Gasteiger partial charge in [0, 0.05) is 37.1 Å². The van der Waals surface area contributed by atoms with Gasteiger partial charge in [0.1, 0.15) is 11.5 Å². The molecule has 2 heterocycles. The second-order valence-corrected chi connectivity index (χ2v) is 6.69. The molecule has 1 amide bonds. The summed E-state index contributed by atoms with van der Waals surface area (Å²) in [6, 6.07) is 9.65. The van der Waals surface area contributed by atoms with Crippen LogP contribution in [0.5, 0.6) is 0 Å². The zero-order chi connectivity index (χ0) is 18.6. The number of aromatic nitrogens is 3. The normalized spacial score (nSPS) is 13.1. The predicted molar refractivity (Wildman–Crippen MR) is 101 cm³/mol. The summed E-state index contributed by atoms with van der Waals surface area (Å²) in [5.74, 6) is 1.27. The van der Waals surface area contributed by atoms with E-state index in [1.165, 1.54) is 18.0 Å². The number of rotatable bonds is 5. The Kier molecular flexibility index (Phi) is 4.82. The average Bonchev–Trinajstić information content (AvgIpc) is 3.12. The van der Waals surface area contributed by atoms with Crippen LogP contribution in [0.4, 0.5) is 11.6 Å². The zero-order valence-corrected chi connectivity index (χ0v) is 15.2. The van der Waals surface area contributed by atoms with Crippen molar-refractivity contribution >= 4 is 17.5 Å². The van der Waals surface area contributed by atoms with Gasteiger partial charge in [-0.1, -0.05) is 23.4 Å². The lowest BCUT2D eigenvalue weighted by atomic mass is 9.96. The highest BCUT2D eigenvalue weighted by molar-refractivity contribution is 5.93. The van der Waals surface area contributed by atoms with E-state index in [1.807, 2.05) is 30.3 Å². The van der Waals surface area contributed by atoms with Gasteiger partial charge in [0.05, 0.1) is 12.1 Å². The van der Waals surface area contributed by atoms with Crippen LogP contribution < -0.4 is 5.32 Å². The minimum Gasteiger partial charge on any atom is -0.361 e. The maximum atomic E-state index is 12.7. The van der Waals surface area contributed by atoms with Gasteiger partial charge in [-0.05, 0) is 31.4 Å². The summed E-state index contributed by atoms with van der Waals surface area (Å²) in [5, 5.41) is 7.26. The summed E-state index contributed by atoms with van der Waals surface area (Å²) in [6.07, 6.45) is 7.26. The molecule has 7 heteroatoms. The summed E-state index contributed by atoms with van der Waals surface area (Å²) < 4.78 is 5.42. The largest absolute Gasteiger partial charge is 0.361 e. The number of amides is 1. The quantitative estimate of drug-likeness (QED) is 0.748. The Hall–Kier alpha value is -3.22. The summed E-state index contributed by atoms with van der Waals surface area (Å²) in [6.45, 7) is 0.418. The van der Waals surface area contributed by atoms with E-state index in [1.54, 1.807) is 11.9 Å². The van der Waals surface area contributed by atoms with Gasteiger partial charge >= 0.3 is 0 Å². The van der Waals surface area contributed by atoms with E-state index in [9.17, 15) is 4.79 Å². The first-order chi connectivity index (χ1) is 13.2. The van der Waals surface area contributed by atoms with Crippen LogP contribution in [-0.4, -0.2) is 33.0 Å². The molecule has 138 valence electrons. The van der Waals surface area contributed by atoms with Crippen LogP contribution in [0.25, 0.3) is 0 Å². The minimum atomic E-state index is -0.145. The maximum Gasteiger partial charge on any atom is 0.257 e. The number of aryl methyl sites for hydroxylation is 1. The summed E-state index contributed by atoms with van der Waals surface area (Å²) in [4.78, 5) is 22.8. The van der Waals surface area contributed by atoms with Crippen LogP contribution >= 0.6 is 0 Å². The molecule has 27 heavy (non-hydrogen) atoms. The molecule has 0 atom stereocenters. The number of anilines is 2. The van der Waals surface area contributed by atoms with Crippen molar-refractivity contribution in [1.29, 1.82) is 0 Å². The van der Waals surface area contributed by atoms with Crippen molar-refractivity contribution in [3.63, 3.8) is 0 Å².